The number of alkyl halides is 3. The molecule has 0 spiro atoms. The SMILES string of the molecule is Cn1c(SCC(=O)N2CCN(S(=O)(=O)c3ccc4c(c3)CCC4)CC2)nnc1C(F)(F)F. The molecule has 1 aromatic carbocycles. The molecule has 2 aliphatic rings. The van der Waals surface area contributed by atoms with E-state index >= 15 is 0 Å². The van der Waals surface area contributed by atoms with E-state index in [0.717, 1.165) is 41.2 Å². The molecule has 4 rings (SSSR count). The number of carbonyl (C=O) groups is 1. The lowest BCUT2D eigenvalue weighted by molar-refractivity contribution is -0.147. The van der Waals surface area contributed by atoms with Gasteiger partial charge in [0.05, 0.1) is 10.6 Å². The third-order valence-electron chi connectivity index (χ3n) is 5.71. The van der Waals surface area contributed by atoms with Gasteiger partial charge in [-0.2, -0.15) is 17.5 Å². The fourth-order valence-electron chi connectivity index (χ4n) is 3.94. The Hall–Kier alpha value is -2.12. The molecule has 1 aliphatic carbocycles. The minimum absolute atomic E-state index is 0.0106. The van der Waals surface area contributed by atoms with E-state index in [4.69, 9.17) is 0 Å². The number of hydrogen-bond donors (Lipinski definition) is 0. The average molecular weight is 490 g/mol. The Morgan fingerprint density at radius 2 is 1.78 bits per heavy atom. The molecule has 1 aliphatic heterocycles. The zero-order valence-electron chi connectivity index (χ0n) is 17.3. The van der Waals surface area contributed by atoms with Crippen LogP contribution in [0.2, 0.25) is 0 Å². The van der Waals surface area contributed by atoms with E-state index in [-0.39, 0.29) is 47.9 Å². The number of hydrogen-bond acceptors (Lipinski definition) is 6. The highest BCUT2D eigenvalue weighted by Gasteiger charge is 2.38. The predicted octanol–water partition coefficient (Wildman–Crippen LogP) is 1.95. The molecular weight excluding hydrogens is 467 g/mol. The Morgan fingerprint density at radius 1 is 1.09 bits per heavy atom. The van der Waals surface area contributed by atoms with Crippen molar-refractivity contribution >= 4 is 27.7 Å². The minimum Gasteiger partial charge on any atom is -0.339 e. The lowest BCUT2D eigenvalue weighted by atomic mass is 10.1. The summed E-state index contributed by atoms with van der Waals surface area (Å²) >= 11 is 0.867. The maximum atomic E-state index is 13.0. The Balaban J connectivity index is 1.33. The molecule has 174 valence electrons. The molecular formula is C19H22F3N5O3S2. The third-order valence-corrected chi connectivity index (χ3v) is 8.61. The number of carbonyl (C=O) groups excluding carboxylic acids is 1. The van der Waals surface area contributed by atoms with Crippen molar-refractivity contribution in [2.45, 2.75) is 35.5 Å². The topological polar surface area (TPSA) is 88.4 Å². The maximum absolute atomic E-state index is 13.0. The Morgan fingerprint density at radius 3 is 2.44 bits per heavy atom. The number of aromatic nitrogens is 3. The molecule has 0 radical (unpaired) electrons. The summed E-state index contributed by atoms with van der Waals surface area (Å²) in [5.41, 5.74) is 2.27. The normalized spacial score (nSPS) is 17.6. The molecule has 13 heteroatoms. The van der Waals surface area contributed by atoms with Gasteiger partial charge < -0.3 is 9.47 Å². The number of piperazine rings is 1. The molecule has 2 aromatic rings. The zero-order valence-corrected chi connectivity index (χ0v) is 18.9. The molecule has 1 amide bonds. The molecule has 2 heterocycles. The van der Waals surface area contributed by atoms with Gasteiger partial charge in [0.1, 0.15) is 0 Å². The standard InChI is InChI=1S/C19H22F3N5O3S2/c1-25-17(19(20,21)22)23-24-18(25)31-12-16(28)26-7-9-27(10-8-26)32(29,30)15-6-5-13-3-2-4-14(13)11-15/h5-6,11H,2-4,7-10,12H2,1H3. The molecule has 32 heavy (non-hydrogen) atoms. The Bertz CT molecular complexity index is 1130. The highest BCUT2D eigenvalue weighted by molar-refractivity contribution is 7.99. The fraction of sp³-hybridized carbons (Fsp3) is 0.526. The van der Waals surface area contributed by atoms with Gasteiger partial charge in [-0.25, -0.2) is 8.42 Å². The second-order valence-corrected chi connectivity index (χ2v) is 10.6. The first-order valence-electron chi connectivity index (χ1n) is 10.1. The summed E-state index contributed by atoms with van der Waals surface area (Å²) in [5.74, 6) is -1.53. The summed E-state index contributed by atoms with van der Waals surface area (Å²) < 4.78 is 66.6. The molecule has 1 saturated heterocycles. The van der Waals surface area contributed by atoms with E-state index in [0.29, 0.717) is 0 Å². The molecule has 1 aromatic heterocycles. The van der Waals surface area contributed by atoms with E-state index in [9.17, 15) is 26.4 Å². The van der Waals surface area contributed by atoms with Crippen LogP contribution in [0.15, 0.2) is 28.3 Å². The van der Waals surface area contributed by atoms with Crippen LogP contribution in [0.5, 0.6) is 0 Å². The average Bonchev–Trinajstić information content (AvgIpc) is 3.37. The van der Waals surface area contributed by atoms with E-state index < -0.39 is 22.0 Å². The maximum Gasteiger partial charge on any atom is 0.451 e. The Kier molecular flexibility index (Phi) is 6.25. The van der Waals surface area contributed by atoms with Crippen molar-refractivity contribution in [1.29, 1.82) is 0 Å². The van der Waals surface area contributed by atoms with Crippen molar-refractivity contribution in [3.63, 3.8) is 0 Å². The molecule has 8 nitrogen and oxygen atoms in total. The van der Waals surface area contributed by atoms with Crippen molar-refractivity contribution < 1.29 is 26.4 Å². The van der Waals surface area contributed by atoms with Gasteiger partial charge in [-0.05, 0) is 42.5 Å². The molecule has 0 unspecified atom stereocenters. The van der Waals surface area contributed by atoms with Crippen LogP contribution in [0.3, 0.4) is 0 Å². The highest BCUT2D eigenvalue weighted by atomic mass is 32.2. The number of thioether (sulfide) groups is 1. The monoisotopic (exact) mass is 489 g/mol. The van der Waals surface area contributed by atoms with Crippen LogP contribution in [-0.2, 0) is 40.9 Å². The molecule has 0 N–H and O–H groups in total. The lowest BCUT2D eigenvalue weighted by Crippen LogP contribution is -2.51. The summed E-state index contributed by atoms with van der Waals surface area (Å²) in [4.78, 5) is 14.3. The van der Waals surface area contributed by atoms with Crippen LogP contribution in [0.1, 0.15) is 23.4 Å². The van der Waals surface area contributed by atoms with Crippen LogP contribution in [0.25, 0.3) is 0 Å². The van der Waals surface area contributed by atoms with E-state index in [1.54, 1.807) is 12.1 Å². The summed E-state index contributed by atoms with van der Waals surface area (Å²) in [7, 11) is -2.45. The van der Waals surface area contributed by atoms with E-state index in [2.05, 4.69) is 10.2 Å². The second-order valence-electron chi connectivity index (χ2n) is 7.72. The molecule has 0 saturated carbocycles. The third kappa shape index (κ3) is 4.50. The van der Waals surface area contributed by atoms with Crippen LogP contribution < -0.4 is 0 Å². The van der Waals surface area contributed by atoms with Gasteiger partial charge in [0.2, 0.25) is 21.8 Å². The van der Waals surface area contributed by atoms with Crippen molar-refractivity contribution in [2.75, 3.05) is 31.9 Å². The number of halogens is 3. The van der Waals surface area contributed by atoms with Gasteiger partial charge in [0.15, 0.2) is 5.16 Å². The van der Waals surface area contributed by atoms with Crippen LogP contribution in [0.4, 0.5) is 13.2 Å². The Labute approximate surface area is 187 Å². The van der Waals surface area contributed by atoms with Gasteiger partial charge >= 0.3 is 6.18 Å². The fourth-order valence-corrected chi connectivity index (χ4v) is 6.23. The number of fused-ring (bicyclic) bond motifs is 1. The summed E-state index contributed by atoms with van der Waals surface area (Å²) in [6, 6.07) is 5.27. The zero-order chi connectivity index (χ0) is 23.1. The van der Waals surface area contributed by atoms with Crippen molar-refractivity contribution in [1.82, 2.24) is 24.0 Å². The summed E-state index contributed by atoms with van der Waals surface area (Å²) in [6.45, 7) is 0.766. The summed E-state index contributed by atoms with van der Waals surface area (Å²) in [6.07, 6.45) is -1.73. The first-order chi connectivity index (χ1) is 15.1. The van der Waals surface area contributed by atoms with Crippen LogP contribution in [0, 0.1) is 0 Å². The number of rotatable bonds is 5. The van der Waals surface area contributed by atoms with Gasteiger partial charge in [-0.15, -0.1) is 10.2 Å². The van der Waals surface area contributed by atoms with Gasteiger partial charge in [0.25, 0.3) is 0 Å². The van der Waals surface area contributed by atoms with Crippen molar-refractivity contribution in [3.05, 3.63) is 35.2 Å². The smallest absolute Gasteiger partial charge is 0.339 e. The molecule has 1 fully saturated rings. The second kappa shape index (κ2) is 8.67. The number of nitrogens with zero attached hydrogens (tertiary/aromatic N) is 5. The summed E-state index contributed by atoms with van der Waals surface area (Å²) in [5, 5.41) is 6.62. The number of amides is 1. The van der Waals surface area contributed by atoms with Crippen molar-refractivity contribution in [2.24, 2.45) is 7.05 Å². The first-order valence-corrected chi connectivity index (χ1v) is 12.5. The van der Waals surface area contributed by atoms with Gasteiger partial charge in [-0.3, -0.25) is 4.79 Å². The number of benzene rings is 1. The van der Waals surface area contributed by atoms with Crippen LogP contribution >= 0.6 is 11.8 Å². The largest absolute Gasteiger partial charge is 0.451 e. The lowest BCUT2D eigenvalue weighted by Gasteiger charge is -2.34. The highest BCUT2D eigenvalue weighted by Crippen LogP contribution is 2.30. The molecule has 0 atom stereocenters. The van der Waals surface area contributed by atoms with E-state index in [1.807, 2.05) is 6.07 Å². The van der Waals surface area contributed by atoms with Gasteiger partial charge in [0, 0.05) is 33.2 Å². The first kappa shape index (κ1) is 23.1. The van der Waals surface area contributed by atoms with Crippen molar-refractivity contribution in [3.8, 4) is 0 Å². The number of aryl methyl sites for hydroxylation is 2. The predicted molar refractivity (Wildman–Crippen MR) is 111 cm³/mol. The van der Waals surface area contributed by atoms with Crippen LogP contribution in [-0.4, -0.2) is 70.2 Å². The minimum atomic E-state index is -4.62. The van der Waals surface area contributed by atoms with E-state index in [1.165, 1.54) is 21.8 Å². The number of sulfonamides is 1. The molecule has 0 bridgehead atoms. The van der Waals surface area contributed by atoms with Gasteiger partial charge in [-0.1, -0.05) is 17.8 Å². The quantitative estimate of drug-likeness (QED) is 0.597.